The molecule has 1 aliphatic rings. The molecule has 0 N–H and O–H groups in total. The number of halogens is 4. The van der Waals surface area contributed by atoms with Gasteiger partial charge in [0.2, 0.25) is 0 Å². The van der Waals surface area contributed by atoms with Crippen LogP contribution in [0.25, 0.3) is 11.1 Å². The van der Waals surface area contributed by atoms with Gasteiger partial charge in [-0.1, -0.05) is 68.6 Å². The Morgan fingerprint density at radius 1 is 0.967 bits per heavy atom. The Hall–Kier alpha value is -1.82. The lowest BCUT2D eigenvalue weighted by Gasteiger charge is -2.28. The highest BCUT2D eigenvalue weighted by Gasteiger charge is 2.23. The first-order chi connectivity index (χ1) is 14.5. The molecule has 0 atom stereocenters. The first kappa shape index (κ1) is 22.9. The van der Waals surface area contributed by atoms with Crippen molar-refractivity contribution in [2.24, 2.45) is 0 Å². The molecular formula is C24H30F4OSi. The fourth-order valence-corrected chi connectivity index (χ4v) is 7.91. The zero-order valence-corrected chi connectivity index (χ0v) is 18.6. The normalized spacial score (nSPS) is 19.3. The molecule has 1 nitrogen and oxygen atoms in total. The second-order valence-corrected chi connectivity index (χ2v) is 11.8. The summed E-state index contributed by atoms with van der Waals surface area (Å²) in [5.74, 6) is -2.12. The third-order valence-corrected chi connectivity index (χ3v) is 9.65. The first-order valence-corrected chi connectivity index (χ1v) is 13.4. The van der Waals surface area contributed by atoms with E-state index < -0.39 is 39.2 Å². The van der Waals surface area contributed by atoms with Gasteiger partial charge in [0.05, 0.1) is 0 Å². The molecule has 0 bridgehead atoms. The highest BCUT2D eigenvalue weighted by Crippen LogP contribution is 2.36. The topological polar surface area (TPSA) is 9.23 Å². The number of hydrogen-bond acceptors (Lipinski definition) is 1. The fraction of sp³-hybridized carbons (Fsp3) is 0.500. The van der Waals surface area contributed by atoms with Crippen LogP contribution in [0.2, 0.25) is 18.1 Å². The summed E-state index contributed by atoms with van der Waals surface area (Å²) in [6.07, 6.45) is 3.75. The molecule has 164 valence electrons. The Labute approximate surface area is 178 Å². The van der Waals surface area contributed by atoms with Crippen molar-refractivity contribution >= 4 is 8.80 Å². The van der Waals surface area contributed by atoms with E-state index in [1.165, 1.54) is 55.8 Å². The summed E-state index contributed by atoms with van der Waals surface area (Å²) in [5, 5.41) is 0. The van der Waals surface area contributed by atoms with Gasteiger partial charge in [-0.3, -0.25) is 0 Å². The van der Waals surface area contributed by atoms with Crippen LogP contribution in [-0.2, 0) is 0 Å². The molecular weight excluding hydrogens is 408 g/mol. The van der Waals surface area contributed by atoms with Crippen molar-refractivity contribution in [3.63, 3.8) is 0 Å². The SMILES string of the molecule is CCCCC[SiH]1CCC(c2ccc(-c3cc(F)c(OCC(F)F)c(F)c3)cc2)CC1. The summed E-state index contributed by atoms with van der Waals surface area (Å²) in [6, 6.07) is 14.4. The summed E-state index contributed by atoms with van der Waals surface area (Å²) in [5.41, 5.74) is 2.35. The second-order valence-electron chi connectivity index (χ2n) is 8.31. The van der Waals surface area contributed by atoms with Gasteiger partial charge in [0.1, 0.15) is 6.61 Å². The molecule has 1 fully saturated rings. The number of alkyl halides is 2. The summed E-state index contributed by atoms with van der Waals surface area (Å²) in [6.45, 7) is 1.21. The Bertz CT molecular complexity index is 778. The molecule has 3 rings (SSSR count). The average Bonchev–Trinajstić information content (AvgIpc) is 2.74. The summed E-state index contributed by atoms with van der Waals surface area (Å²) >= 11 is 0. The van der Waals surface area contributed by atoms with E-state index in [1.54, 1.807) is 0 Å². The molecule has 2 aromatic rings. The van der Waals surface area contributed by atoms with E-state index in [-0.39, 0.29) is 0 Å². The van der Waals surface area contributed by atoms with E-state index in [2.05, 4.69) is 23.8 Å². The van der Waals surface area contributed by atoms with Crippen molar-refractivity contribution in [1.29, 1.82) is 0 Å². The zero-order chi connectivity index (χ0) is 21.5. The predicted molar refractivity (Wildman–Crippen MR) is 116 cm³/mol. The van der Waals surface area contributed by atoms with Crippen LogP contribution in [0.3, 0.4) is 0 Å². The molecule has 1 aliphatic heterocycles. The Balaban J connectivity index is 1.62. The minimum absolute atomic E-state index is 0.369. The molecule has 1 saturated heterocycles. The average molecular weight is 439 g/mol. The molecule has 1 heterocycles. The standard InChI is InChI=1S/C24H30F4OSi/c1-2-3-4-11-30-12-9-19(10-13-30)17-5-7-18(8-6-17)20-14-21(25)24(22(26)15-20)29-16-23(27)28/h5-8,14-15,19,23,30H,2-4,9-13,16H2,1H3. The molecule has 6 heteroatoms. The Morgan fingerprint density at radius 2 is 1.60 bits per heavy atom. The van der Waals surface area contributed by atoms with E-state index in [4.69, 9.17) is 0 Å². The van der Waals surface area contributed by atoms with Gasteiger partial charge in [0.15, 0.2) is 17.4 Å². The minimum Gasteiger partial charge on any atom is -0.482 e. The number of rotatable bonds is 9. The summed E-state index contributed by atoms with van der Waals surface area (Å²) in [4.78, 5) is 0. The maximum Gasteiger partial charge on any atom is 0.272 e. The van der Waals surface area contributed by atoms with Crippen LogP contribution in [0, 0.1) is 11.6 Å². The molecule has 0 aliphatic carbocycles. The molecule has 0 saturated carbocycles. The van der Waals surface area contributed by atoms with Crippen molar-refractivity contribution in [3.8, 4) is 16.9 Å². The van der Waals surface area contributed by atoms with Gasteiger partial charge < -0.3 is 4.74 Å². The van der Waals surface area contributed by atoms with Crippen LogP contribution >= 0.6 is 0 Å². The number of benzene rings is 2. The van der Waals surface area contributed by atoms with Gasteiger partial charge in [0.25, 0.3) is 6.43 Å². The first-order valence-electron chi connectivity index (χ1n) is 11.0. The molecule has 0 radical (unpaired) electrons. The Kier molecular flexibility index (Phi) is 8.37. The smallest absolute Gasteiger partial charge is 0.272 e. The van der Waals surface area contributed by atoms with Crippen LogP contribution < -0.4 is 4.74 Å². The maximum atomic E-state index is 14.2. The molecule has 0 unspecified atom stereocenters. The number of ether oxygens (including phenoxy) is 1. The van der Waals surface area contributed by atoms with Crippen molar-refractivity contribution in [1.82, 2.24) is 0 Å². The molecule has 0 aromatic heterocycles. The quantitative estimate of drug-likeness (QED) is 0.223. The Morgan fingerprint density at radius 3 is 2.17 bits per heavy atom. The minimum atomic E-state index is -2.79. The molecule has 0 spiro atoms. The third kappa shape index (κ3) is 6.09. The largest absolute Gasteiger partial charge is 0.482 e. The van der Waals surface area contributed by atoms with Crippen molar-refractivity contribution in [2.45, 2.75) is 69.5 Å². The molecule has 0 amide bonds. The monoisotopic (exact) mass is 438 g/mol. The van der Waals surface area contributed by atoms with Crippen LogP contribution in [0.5, 0.6) is 5.75 Å². The lowest BCUT2D eigenvalue weighted by Crippen LogP contribution is -2.20. The second kappa shape index (κ2) is 11.0. The van der Waals surface area contributed by atoms with Crippen LogP contribution in [0.1, 0.15) is 50.5 Å². The van der Waals surface area contributed by atoms with E-state index in [0.29, 0.717) is 17.0 Å². The number of hydrogen-bond donors (Lipinski definition) is 0. The molecule has 2 aromatic carbocycles. The van der Waals surface area contributed by atoms with Crippen LogP contribution in [0.4, 0.5) is 17.6 Å². The van der Waals surface area contributed by atoms with Gasteiger partial charge in [-0.25, -0.2) is 17.6 Å². The van der Waals surface area contributed by atoms with Gasteiger partial charge in [-0.05, 0) is 47.6 Å². The van der Waals surface area contributed by atoms with E-state index in [9.17, 15) is 17.6 Å². The van der Waals surface area contributed by atoms with Gasteiger partial charge in [-0.15, -0.1) is 0 Å². The fourth-order valence-electron chi connectivity index (χ4n) is 4.43. The summed E-state index contributed by atoms with van der Waals surface area (Å²) in [7, 11) is -0.550. The van der Waals surface area contributed by atoms with E-state index in [1.807, 2.05) is 12.1 Å². The van der Waals surface area contributed by atoms with Crippen LogP contribution in [0.15, 0.2) is 36.4 Å². The van der Waals surface area contributed by atoms with Gasteiger partial charge in [-0.2, -0.15) is 0 Å². The van der Waals surface area contributed by atoms with Gasteiger partial charge >= 0.3 is 0 Å². The van der Waals surface area contributed by atoms with Gasteiger partial charge in [0, 0.05) is 8.80 Å². The summed E-state index contributed by atoms with van der Waals surface area (Å²) < 4.78 is 57.4. The molecule has 30 heavy (non-hydrogen) atoms. The van der Waals surface area contributed by atoms with Crippen molar-refractivity contribution < 1.29 is 22.3 Å². The van der Waals surface area contributed by atoms with Crippen molar-refractivity contribution in [3.05, 3.63) is 53.6 Å². The zero-order valence-electron chi connectivity index (χ0n) is 17.5. The predicted octanol–water partition coefficient (Wildman–Crippen LogP) is 7.57. The maximum absolute atomic E-state index is 14.2. The van der Waals surface area contributed by atoms with E-state index in [0.717, 1.165) is 12.1 Å². The highest BCUT2D eigenvalue weighted by molar-refractivity contribution is 6.59. The van der Waals surface area contributed by atoms with Crippen LogP contribution in [-0.4, -0.2) is 21.8 Å². The number of unbranched alkanes of at least 4 members (excludes halogenated alkanes) is 2. The lowest BCUT2D eigenvalue weighted by atomic mass is 9.92. The lowest BCUT2D eigenvalue weighted by molar-refractivity contribution is 0.0777. The van der Waals surface area contributed by atoms with E-state index >= 15 is 0 Å². The third-order valence-electron chi connectivity index (χ3n) is 6.13. The highest BCUT2D eigenvalue weighted by atomic mass is 28.3. The van der Waals surface area contributed by atoms with Crippen molar-refractivity contribution in [2.75, 3.05) is 6.61 Å².